The minimum absolute atomic E-state index is 0.744. The summed E-state index contributed by atoms with van der Waals surface area (Å²) < 4.78 is 15.7. The molecule has 3 heteroatoms. The minimum atomic E-state index is 0.744. The van der Waals surface area contributed by atoms with Crippen LogP contribution < -0.4 is 0 Å². The maximum atomic E-state index is 6.69. The van der Waals surface area contributed by atoms with Crippen LogP contribution in [0.3, 0.4) is 0 Å². The van der Waals surface area contributed by atoms with Crippen molar-refractivity contribution < 1.29 is 8.83 Å². The Labute approximate surface area is 370 Å². The van der Waals surface area contributed by atoms with Gasteiger partial charge in [0.15, 0.2) is 0 Å². The van der Waals surface area contributed by atoms with Gasteiger partial charge in [-0.3, -0.25) is 0 Å². The molecule has 4 aliphatic carbocycles. The van der Waals surface area contributed by atoms with Crippen molar-refractivity contribution in [2.24, 2.45) is 5.92 Å². The zero-order chi connectivity index (χ0) is 41.8. The molecule has 64 heavy (non-hydrogen) atoms. The first-order valence-electron chi connectivity index (χ1n) is 23.2. The molecule has 3 aromatic heterocycles. The number of fused-ring (bicyclic) bond motifs is 16. The summed E-state index contributed by atoms with van der Waals surface area (Å²) in [5.74, 6) is 0.744. The number of para-hydroxylation sites is 2. The molecule has 0 saturated heterocycles. The SMILES string of the molecule is Cc1c(C2=C(C3CCC3)C=CCC2)ccc2c1-c1cc(-c3ccc4c(c3)-c3cc5oc6ccc(-n7c8ccccc8c8c9oc%10ccccc%10c9ccc87)cc6c5cc3C4)ccc1C2. The Bertz CT molecular complexity index is 3950. The fourth-order valence-electron chi connectivity index (χ4n) is 12.3. The summed E-state index contributed by atoms with van der Waals surface area (Å²) in [5.41, 5.74) is 26.9. The molecule has 1 fully saturated rings. The monoisotopic (exact) mass is 821 g/mol. The summed E-state index contributed by atoms with van der Waals surface area (Å²) in [5, 5.41) is 6.93. The van der Waals surface area contributed by atoms with Gasteiger partial charge in [0, 0.05) is 32.6 Å². The number of hydrogen-bond donors (Lipinski definition) is 0. The molecule has 0 spiro atoms. The number of furan rings is 2. The largest absolute Gasteiger partial charge is 0.456 e. The van der Waals surface area contributed by atoms with Crippen molar-refractivity contribution in [2.45, 2.75) is 51.9 Å². The van der Waals surface area contributed by atoms with E-state index in [1.807, 2.05) is 6.07 Å². The lowest BCUT2D eigenvalue weighted by atomic mass is 9.74. The van der Waals surface area contributed by atoms with Crippen molar-refractivity contribution in [1.29, 1.82) is 0 Å². The average molecular weight is 822 g/mol. The third-order valence-electron chi connectivity index (χ3n) is 15.6. The van der Waals surface area contributed by atoms with Gasteiger partial charge in [-0.05, 0) is 196 Å². The molecule has 0 radical (unpaired) electrons. The van der Waals surface area contributed by atoms with Crippen LogP contribution in [0, 0.1) is 12.8 Å². The van der Waals surface area contributed by atoms with E-state index in [1.54, 1.807) is 11.1 Å². The molecule has 0 unspecified atom stereocenters. The average Bonchev–Trinajstić information content (AvgIpc) is 4.12. The summed E-state index contributed by atoms with van der Waals surface area (Å²) in [7, 11) is 0. The Morgan fingerprint density at radius 2 is 1.28 bits per heavy atom. The Kier molecular flexibility index (Phi) is 7.06. The van der Waals surface area contributed by atoms with Crippen LogP contribution in [-0.2, 0) is 12.8 Å². The van der Waals surface area contributed by atoms with Gasteiger partial charge < -0.3 is 13.4 Å². The fourth-order valence-corrected chi connectivity index (χ4v) is 12.3. The van der Waals surface area contributed by atoms with Crippen LogP contribution in [0.5, 0.6) is 0 Å². The van der Waals surface area contributed by atoms with Crippen molar-refractivity contribution in [2.75, 3.05) is 0 Å². The summed E-state index contributed by atoms with van der Waals surface area (Å²) in [6.45, 7) is 2.38. The van der Waals surface area contributed by atoms with Crippen LogP contribution in [0.2, 0.25) is 0 Å². The topological polar surface area (TPSA) is 31.2 Å². The summed E-state index contributed by atoms with van der Waals surface area (Å²) in [6.07, 6.45) is 13.1. The van der Waals surface area contributed by atoms with Crippen molar-refractivity contribution in [3.63, 3.8) is 0 Å². The second kappa shape index (κ2) is 12.9. The van der Waals surface area contributed by atoms with E-state index >= 15 is 0 Å². The van der Waals surface area contributed by atoms with E-state index in [4.69, 9.17) is 8.83 Å². The van der Waals surface area contributed by atoms with Gasteiger partial charge in [0.2, 0.25) is 0 Å². The fraction of sp³-hybridized carbons (Fsp3) is 0.148. The van der Waals surface area contributed by atoms with Gasteiger partial charge in [0.05, 0.1) is 16.4 Å². The molecular formula is C61H43NO2. The Balaban J connectivity index is 0.813. The number of aromatic nitrogens is 1. The molecule has 8 aromatic carbocycles. The van der Waals surface area contributed by atoms with Crippen molar-refractivity contribution >= 4 is 71.3 Å². The van der Waals surface area contributed by atoms with E-state index in [-0.39, 0.29) is 0 Å². The molecule has 0 bridgehead atoms. The highest BCUT2D eigenvalue weighted by molar-refractivity contribution is 6.24. The first kappa shape index (κ1) is 35.1. The van der Waals surface area contributed by atoms with Crippen molar-refractivity contribution in [3.05, 3.63) is 191 Å². The lowest BCUT2D eigenvalue weighted by Crippen LogP contribution is -2.15. The van der Waals surface area contributed by atoms with Gasteiger partial charge in [0.25, 0.3) is 0 Å². The van der Waals surface area contributed by atoms with Gasteiger partial charge in [-0.15, -0.1) is 0 Å². The lowest BCUT2D eigenvalue weighted by Gasteiger charge is -2.31. The molecule has 3 nitrogen and oxygen atoms in total. The zero-order valence-electron chi connectivity index (χ0n) is 35.7. The number of rotatable bonds is 4. The molecule has 0 atom stereocenters. The molecule has 304 valence electrons. The third kappa shape index (κ3) is 4.82. The molecule has 0 amide bonds. The molecule has 15 rings (SSSR count). The van der Waals surface area contributed by atoms with Crippen molar-refractivity contribution in [1.82, 2.24) is 4.57 Å². The molecule has 0 N–H and O–H groups in total. The summed E-state index contributed by atoms with van der Waals surface area (Å²) in [6, 6.07) is 52.1. The highest BCUT2D eigenvalue weighted by Gasteiger charge is 2.29. The van der Waals surface area contributed by atoms with Crippen LogP contribution >= 0.6 is 0 Å². The molecular weight excluding hydrogens is 779 g/mol. The van der Waals surface area contributed by atoms with Gasteiger partial charge in [0.1, 0.15) is 22.3 Å². The molecule has 4 aliphatic rings. The van der Waals surface area contributed by atoms with Crippen LogP contribution in [0.4, 0.5) is 0 Å². The molecule has 0 aliphatic heterocycles. The van der Waals surface area contributed by atoms with Crippen LogP contribution in [-0.4, -0.2) is 4.57 Å². The maximum Gasteiger partial charge on any atom is 0.145 e. The second-order valence-electron chi connectivity index (χ2n) is 18.9. The first-order valence-corrected chi connectivity index (χ1v) is 23.2. The smallest absolute Gasteiger partial charge is 0.145 e. The van der Waals surface area contributed by atoms with E-state index in [1.165, 1.54) is 91.4 Å². The van der Waals surface area contributed by atoms with E-state index in [0.717, 1.165) is 97.6 Å². The highest BCUT2D eigenvalue weighted by atomic mass is 16.3. The Morgan fingerprint density at radius 3 is 2.16 bits per heavy atom. The summed E-state index contributed by atoms with van der Waals surface area (Å²) in [4.78, 5) is 0. The molecule has 11 aromatic rings. The quantitative estimate of drug-likeness (QED) is 0.177. The summed E-state index contributed by atoms with van der Waals surface area (Å²) >= 11 is 0. The van der Waals surface area contributed by atoms with Gasteiger partial charge in [-0.2, -0.15) is 0 Å². The van der Waals surface area contributed by atoms with Crippen molar-refractivity contribution in [3.8, 4) is 39.1 Å². The third-order valence-corrected chi connectivity index (χ3v) is 15.6. The van der Waals surface area contributed by atoms with Crippen LogP contribution in [0.15, 0.2) is 166 Å². The van der Waals surface area contributed by atoms with Gasteiger partial charge in [-0.25, -0.2) is 0 Å². The Hall–Kier alpha value is -7.36. The highest BCUT2D eigenvalue weighted by Crippen LogP contribution is 2.49. The predicted octanol–water partition coefficient (Wildman–Crippen LogP) is 16.6. The molecule has 3 heterocycles. The second-order valence-corrected chi connectivity index (χ2v) is 18.9. The Morgan fingerprint density at radius 1 is 0.531 bits per heavy atom. The first-order chi connectivity index (χ1) is 31.6. The van der Waals surface area contributed by atoms with Crippen LogP contribution in [0.25, 0.3) is 110 Å². The molecule has 1 saturated carbocycles. The van der Waals surface area contributed by atoms with Crippen LogP contribution in [0.1, 0.15) is 65.5 Å². The lowest BCUT2D eigenvalue weighted by molar-refractivity contribution is 0.374. The zero-order valence-corrected chi connectivity index (χ0v) is 35.7. The van der Waals surface area contributed by atoms with Gasteiger partial charge in [-0.1, -0.05) is 91.4 Å². The number of benzene rings is 8. The maximum absolute atomic E-state index is 6.69. The minimum Gasteiger partial charge on any atom is -0.456 e. The van der Waals surface area contributed by atoms with E-state index in [0.29, 0.717) is 0 Å². The van der Waals surface area contributed by atoms with E-state index in [2.05, 4.69) is 157 Å². The van der Waals surface area contributed by atoms with E-state index in [9.17, 15) is 0 Å². The normalized spacial score (nSPS) is 15.6. The number of hydrogen-bond acceptors (Lipinski definition) is 2. The van der Waals surface area contributed by atoms with Gasteiger partial charge >= 0.3 is 0 Å². The number of allylic oxidation sites excluding steroid dienone is 4. The number of nitrogens with zero attached hydrogens (tertiary/aromatic N) is 1. The standard InChI is InChI=1S/C61H43NO2/c1-34-43(45-12-3-2-11-44(45)35-9-8-10-35)23-21-40-27-39-20-18-37(30-51(39)59(34)40)36-17-19-38-28-41-31-52-53-32-42(22-26-57(53)63-58(52)33-50(41)49(38)29-36)62-54-15-6-4-14-48(54)60-55(62)25-24-47-46-13-5-7-16-56(46)64-61(47)60/h2,4-7,11,13-26,29-33,35H,3,8-10,12,27-28H2,1H3. The predicted molar refractivity (Wildman–Crippen MR) is 265 cm³/mol. The van der Waals surface area contributed by atoms with E-state index < -0.39 is 0 Å².